The average Bonchev–Trinajstić information content (AvgIpc) is 3.07. The highest BCUT2D eigenvalue weighted by molar-refractivity contribution is 6.28. The van der Waals surface area contributed by atoms with Crippen LogP contribution in [0.1, 0.15) is 27.8 Å². The van der Waals surface area contributed by atoms with E-state index in [4.69, 9.17) is 18.0 Å². The van der Waals surface area contributed by atoms with Gasteiger partial charge in [0.05, 0.1) is 36.1 Å². The second-order valence-corrected chi connectivity index (χ2v) is 12.7. The molecule has 1 aliphatic heterocycles. The van der Waals surface area contributed by atoms with Crippen molar-refractivity contribution >= 4 is 61.2 Å². The Morgan fingerprint density at radius 1 is 0.792 bits per heavy atom. The molecule has 0 atom stereocenters. The van der Waals surface area contributed by atoms with E-state index in [1.807, 2.05) is 106 Å². The summed E-state index contributed by atoms with van der Waals surface area (Å²) in [5, 5.41) is 29.0. The summed E-state index contributed by atoms with van der Waals surface area (Å²) in [6.07, 6.45) is 0. The smallest absolute Gasteiger partial charge is 0.270 e. The summed E-state index contributed by atoms with van der Waals surface area (Å²) in [4.78, 5) is 8.06. The molecule has 0 radical (unpaired) electrons. The monoisotopic (exact) mass is 625 g/mol. The fourth-order valence-corrected chi connectivity index (χ4v) is 7.99. The zero-order valence-electron chi connectivity index (χ0n) is 27.0. The first-order valence-electron chi connectivity index (χ1n) is 15.6. The molecule has 0 saturated carbocycles. The van der Waals surface area contributed by atoms with Gasteiger partial charge in [-0.15, -0.1) is 0 Å². The number of anilines is 4. The van der Waals surface area contributed by atoms with Crippen molar-refractivity contribution in [3.8, 4) is 6.07 Å². The molecule has 48 heavy (non-hydrogen) atoms. The van der Waals surface area contributed by atoms with Crippen LogP contribution in [0.25, 0.3) is 37.5 Å². The fourth-order valence-electron chi connectivity index (χ4n) is 7.99. The molecule has 5 aromatic rings. The van der Waals surface area contributed by atoms with Crippen molar-refractivity contribution in [2.45, 2.75) is 0 Å². The number of hydrogen-bond donors (Lipinski definition) is 2. The lowest BCUT2D eigenvalue weighted by atomic mass is 9.68. The van der Waals surface area contributed by atoms with E-state index in [1.54, 1.807) is 0 Å². The summed E-state index contributed by atoms with van der Waals surface area (Å²) in [6, 6.07) is 27.6. The van der Waals surface area contributed by atoms with Crippen molar-refractivity contribution in [3.05, 3.63) is 141 Å². The lowest BCUT2D eigenvalue weighted by Crippen LogP contribution is -2.36. The molecule has 0 spiro atoms. The Labute approximate surface area is 278 Å². The van der Waals surface area contributed by atoms with Gasteiger partial charge >= 0.3 is 0 Å². The summed E-state index contributed by atoms with van der Waals surface area (Å²) in [5.74, 6) is -0.253. The highest BCUT2D eigenvalue weighted by Crippen LogP contribution is 2.57. The van der Waals surface area contributed by atoms with Crippen LogP contribution < -0.4 is 26.4 Å². The number of rotatable bonds is 1. The Morgan fingerprint density at radius 3 is 2.19 bits per heavy atom. The molecule has 0 bridgehead atoms. The largest absolute Gasteiger partial charge is 0.872 e. The number of benzene rings is 5. The number of nitriles is 1. The molecule has 0 saturated heterocycles. The third-order valence-corrected chi connectivity index (χ3v) is 9.78. The van der Waals surface area contributed by atoms with Gasteiger partial charge in [0.25, 0.3) is 5.70 Å². The van der Waals surface area contributed by atoms with Gasteiger partial charge in [-0.25, -0.2) is 14.7 Å². The van der Waals surface area contributed by atoms with Crippen LogP contribution in [0.5, 0.6) is 0 Å². The fraction of sp³-hybridized carbons (Fsp3) is 0.125. The zero-order chi connectivity index (χ0) is 33.6. The van der Waals surface area contributed by atoms with E-state index in [-0.39, 0.29) is 11.5 Å². The molecule has 4 N–H and O–H groups in total. The van der Waals surface area contributed by atoms with Crippen molar-refractivity contribution in [1.29, 1.82) is 5.26 Å². The molecule has 0 unspecified atom stereocenters. The molecule has 2 aliphatic carbocycles. The van der Waals surface area contributed by atoms with Gasteiger partial charge in [0.1, 0.15) is 14.1 Å². The van der Waals surface area contributed by atoms with E-state index in [9.17, 15) is 5.26 Å². The van der Waals surface area contributed by atoms with Gasteiger partial charge in [-0.3, -0.25) is 0 Å². The predicted octanol–water partition coefficient (Wildman–Crippen LogP) is 5.71. The zero-order valence-corrected chi connectivity index (χ0v) is 27.0. The van der Waals surface area contributed by atoms with Crippen LogP contribution in [0.3, 0.4) is 0 Å². The Bertz CT molecular complexity index is 2520. The van der Waals surface area contributed by atoms with Gasteiger partial charge in [0, 0.05) is 58.5 Å². The average molecular weight is 626 g/mol. The minimum Gasteiger partial charge on any atom is -0.872 e. The number of fused-ring (bicyclic) bond motifs is 4. The van der Waals surface area contributed by atoms with Gasteiger partial charge < -0.3 is 26.4 Å². The van der Waals surface area contributed by atoms with Crippen LogP contribution in [0.4, 0.5) is 22.7 Å². The third kappa shape index (κ3) is 3.66. The maximum absolute atomic E-state index is 15.1. The molecule has 232 valence electrons. The molecule has 8 nitrogen and oxygen atoms in total. The quantitative estimate of drug-likeness (QED) is 0.0796. The van der Waals surface area contributed by atoms with Gasteiger partial charge in [0.2, 0.25) is 5.71 Å². The van der Waals surface area contributed by atoms with Crippen LogP contribution in [-0.2, 0) is 0 Å². The lowest BCUT2D eigenvalue weighted by Gasteiger charge is -2.42. The van der Waals surface area contributed by atoms with E-state index >= 15 is 5.11 Å². The minimum atomic E-state index is -0.253. The number of hydrogen-bond acceptors (Lipinski definition) is 6. The van der Waals surface area contributed by atoms with E-state index in [1.165, 1.54) is 0 Å². The lowest BCUT2D eigenvalue weighted by molar-refractivity contribution is -0.463. The van der Waals surface area contributed by atoms with Crippen LogP contribution in [-0.4, -0.2) is 45.1 Å². The van der Waals surface area contributed by atoms with E-state index < -0.39 is 0 Å². The van der Waals surface area contributed by atoms with E-state index in [2.05, 4.69) is 26.8 Å². The van der Waals surface area contributed by atoms with E-state index in [0.29, 0.717) is 51.5 Å². The molecule has 0 fully saturated rings. The molecule has 5 aromatic carbocycles. The summed E-state index contributed by atoms with van der Waals surface area (Å²) < 4.78 is 2.05. The number of nitrogen functional groups attached to an aromatic ring is 2. The SMILES string of the molecule is [C-]#[N+]/C(C#N)=C1C(c2c3cccc4c3c(c3cccc(N)c23)N(C)CN4C)=C([O-])C/1=C1\c2ccccc2C(=[N+](C)C)c2cccc(N)c21. The number of allylic oxidation sites excluding steroid dienone is 3. The maximum Gasteiger partial charge on any atom is 0.270 e. The molecular formula is C40H31N7O. The molecule has 3 aliphatic rings. The van der Waals surface area contributed by atoms with Gasteiger partial charge in [-0.2, -0.15) is 0 Å². The van der Waals surface area contributed by atoms with Crippen molar-refractivity contribution < 1.29 is 9.68 Å². The van der Waals surface area contributed by atoms with Gasteiger partial charge in [0.15, 0.2) is 0 Å². The second kappa shape index (κ2) is 10.2. The van der Waals surface area contributed by atoms with Crippen LogP contribution in [0, 0.1) is 17.9 Å². The van der Waals surface area contributed by atoms with Crippen molar-refractivity contribution in [2.24, 2.45) is 0 Å². The third-order valence-electron chi connectivity index (χ3n) is 9.78. The molecule has 0 amide bonds. The maximum atomic E-state index is 15.1. The second-order valence-electron chi connectivity index (χ2n) is 12.7. The minimum absolute atomic E-state index is 0.152. The van der Waals surface area contributed by atoms with E-state index in [0.717, 1.165) is 55.3 Å². The highest BCUT2D eigenvalue weighted by atomic mass is 16.3. The first kappa shape index (κ1) is 28.9. The molecule has 8 rings (SSSR count). The Kier molecular flexibility index (Phi) is 6.18. The molecule has 0 aromatic heterocycles. The Balaban J connectivity index is 1.59. The van der Waals surface area contributed by atoms with Crippen molar-refractivity contribution in [1.82, 2.24) is 0 Å². The number of nitrogens with two attached hydrogens (primary N) is 2. The number of nitrogens with zero attached hydrogens (tertiary/aromatic N) is 5. The summed E-state index contributed by atoms with van der Waals surface area (Å²) in [6.45, 7) is 8.80. The first-order valence-corrected chi connectivity index (χ1v) is 15.6. The molecule has 1 heterocycles. The van der Waals surface area contributed by atoms with Crippen LogP contribution in [0.15, 0.2) is 101 Å². The van der Waals surface area contributed by atoms with Crippen molar-refractivity contribution in [3.63, 3.8) is 0 Å². The topological polar surface area (TPSA) is 113 Å². The predicted molar refractivity (Wildman–Crippen MR) is 192 cm³/mol. The van der Waals surface area contributed by atoms with Crippen molar-refractivity contribution in [2.75, 3.05) is 56.1 Å². The Hall–Kier alpha value is -6.51. The normalized spacial score (nSPS) is 17.5. The summed E-state index contributed by atoms with van der Waals surface area (Å²) >= 11 is 0. The van der Waals surface area contributed by atoms with Gasteiger partial charge in [-0.05, 0) is 63.6 Å². The Morgan fingerprint density at radius 2 is 1.46 bits per heavy atom. The first-order chi connectivity index (χ1) is 23.2. The molecular weight excluding hydrogens is 594 g/mol. The van der Waals surface area contributed by atoms with Gasteiger partial charge in [-0.1, -0.05) is 54.3 Å². The standard InChI is InChI=1S/C40H31N7O/c1-44-28(19-41)35-36(33-21-11-6-7-12-22(21)38(45(2)3)24-14-8-16-26(42)30(24)33)40(48)37(35)34-23-13-10-18-29-32(23)39(47(5)20-46(29)4)25-15-9-17-27(43)31(25)34/h6-18H,20,42-43H2,2-5H3/b35-28+. The summed E-state index contributed by atoms with van der Waals surface area (Å²) in [5.41, 5.74) is 23.0. The molecule has 8 heteroatoms. The highest BCUT2D eigenvalue weighted by Gasteiger charge is 2.39. The van der Waals surface area contributed by atoms with Crippen LogP contribution in [0.2, 0.25) is 0 Å². The summed E-state index contributed by atoms with van der Waals surface area (Å²) in [7, 11) is 8.06. The van der Waals surface area contributed by atoms with Crippen LogP contribution >= 0.6 is 0 Å².